The van der Waals surface area contributed by atoms with E-state index in [1.54, 1.807) is 0 Å². The van der Waals surface area contributed by atoms with Crippen LogP contribution in [0, 0.1) is 0 Å². The van der Waals surface area contributed by atoms with Crippen LogP contribution >= 0.6 is 0 Å². The molecule has 70 valence electrons. The van der Waals surface area contributed by atoms with Crippen LogP contribution in [0.25, 0.3) is 10.4 Å². The predicted octanol–water partition coefficient (Wildman–Crippen LogP) is -2.71. The molecule has 0 aliphatic rings. The van der Waals surface area contributed by atoms with E-state index in [4.69, 9.17) is 5.53 Å². The average molecular weight is 293 g/mol. The van der Waals surface area contributed by atoms with Crippen LogP contribution in [-0.4, -0.2) is 0 Å². The second-order valence-corrected chi connectivity index (χ2v) is 4.47. The Balaban J connectivity index is -0.000000405. The Morgan fingerprint density at radius 1 is 0.917 bits per heavy atom. The van der Waals surface area contributed by atoms with E-state index in [1.807, 2.05) is 0 Å². The molecule has 0 aromatic heterocycles. The van der Waals surface area contributed by atoms with E-state index in [1.165, 1.54) is 0 Å². The molecule has 0 saturated carbocycles. The summed E-state index contributed by atoms with van der Waals surface area (Å²) in [4.78, 5) is 0.653. The molecule has 0 unspecified atom stereocenters. The molecule has 3 nitrogen and oxygen atoms in total. The molecule has 0 N–H and O–H groups in total. The summed E-state index contributed by atoms with van der Waals surface area (Å²) in [6.07, 6.45) is 0. The Morgan fingerprint density at radius 2 is 1.17 bits per heavy atom. The zero-order valence-corrected chi connectivity index (χ0v) is 13.2. The van der Waals surface area contributed by atoms with Gasteiger partial charge in [0, 0.05) is 0 Å². The Hall–Kier alpha value is 2.66. The van der Waals surface area contributed by atoms with Crippen molar-refractivity contribution in [3.8, 4) is 0 Å². The first-order valence-corrected chi connectivity index (χ1v) is 3.94. The molecule has 0 rings (SSSR count). The summed E-state index contributed by atoms with van der Waals surface area (Å²) in [6.45, 7) is 0. The molecular formula is F6K2N3Ni-. The maximum atomic E-state index is 10.8. The Bertz CT molecular complexity index is 218. The SMILES string of the molecule is [K+].[K+].[N-]=[N+]=[N][Ni-3]([F])([F])([F])([F])([F])[F]. The first-order chi connectivity index (χ1) is 3.74. The summed E-state index contributed by atoms with van der Waals surface area (Å²) >= 11 is -12.0. The fourth-order valence-corrected chi connectivity index (χ4v) is 0.264. The monoisotopic (exact) mass is 292 g/mol. The molecule has 12 heavy (non-hydrogen) atoms. The molecule has 0 bridgehead atoms. The van der Waals surface area contributed by atoms with Crippen molar-refractivity contribution >= 4 is 0 Å². The summed E-state index contributed by atoms with van der Waals surface area (Å²) in [5, 5.41) is 0. The van der Waals surface area contributed by atoms with Crippen LogP contribution < -0.4 is 103 Å². The van der Waals surface area contributed by atoms with Gasteiger partial charge in [-0.15, -0.1) is 0 Å². The van der Waals surface area contributed by atoms with Crippen LogP contribution in [0.4, 0.5) is 21.6 Å². The number of rotatable bonds is 1. The zero-order chi connectivity index (χ0) is 8.79. The molecule has 0 aliphatic carbocycles. The second kappa shape index (κ2) is 3.32. The van der Waals surface area contributed by atoms with Crippen LogP contribution in [-0.2, 0) is 12.2 Å². The summed E-state index contributed by atoms with van der Waals surface area (Å²) in [6, 6.07) is 0. The topological polar surface area (TPSA) is 48.8 Å². The quantitative estimate of drug-likeness (QED) is 0.166. The molecule has 0 amide bonds. The molecule has 0 spiro atoms. The molecule has 0 aromatic rings. The van der Waals surface area contributed by atoms with E-state index in [-0.39, 0.29) is 107 Å². The Morgan fingerprint density at radius 3 is 1.17 bits per heavy atom. The van der Waals surface area contributed by atoms with Crippen molar-refractivity contribution < 1.29 is 137 Å². The standard InChI is InChI=1S/6FH.2K.N3.Ni/c;;;;;;;;1-3-2;/h6*1H;;;;/q;;;;;;2*+1;-1;+4/p-6. The van der Waals surface area contributed by atoms with Crippen molar-refractivity contribution in [3.05, 3.63) is 10.4 Å². The van der Waals surface area contributed by atoms with Gasteiger partial charge in [0.25, 0.3) is 0 Å². The van der Waals surface area contributed by atoms with Gasteiger partial charge in [0.2, 0.25) is 0 Å². The van der Waals surface area contributed by atoms with E-state index in [9.17, 15) is 21.6 Å². The molecule has 0 heterocycles. The average Bonchev–Trinajstić information content (AvgIpc) is 1.19. The molecule has 0 fully saturated rings. The molecule has 0 atom stereocenters. The first-order valence-electron chi connectivity index (χ1n) is 1.26. The van der Waals surface area contributed by atoms with E-state index < -0.39 is 12.2 Å². The second-order valence-electron chi connectivity index (χ2n) is 1.15. The predicted molar refractivity (Wildman–Crippen MR) is 15.8 cm³/mol. The van der Waals surface area contributed by atoms with Gasteiger partial charge >= 0.3 is 151 Å². The molecule has 0 saturated heterocycles. The fourth-order valence-electron chi connectivity index (χ4n) is 0.0641. The van der Waals surface area contributed by atoms with Gasteiger partial charge in [-0.05, 0) is 0 Å². The first kappa shape index (κ1) is 20.1. The number of hydrogen-bond acceptors (Lipinski definition) is 1. The van der Waals surface area contributed by atoms with Gasteiger partial charge in [0.1, 0.15) is 0 Å². The fraction of sp³-hybridized carbons (Fsp3) is 0. The van der Waals surface area contributed by atoms with Gasteiger partial charge in [0.15, 0.2) is 0 Å². The van der Waals surface area contributed by atoms with Crippen molar-refractivity contribution in [2.75, 3.05) is 0 Å². The van der Waals surface area contributed by atoms with Gasteiger partial charge < -0.3 is 0 Å². The number of halogens is 6. The molecule has 0 aliphatic heterocycles. The van der Waals surface area contributed by atoms with Crippen molar-refractivity contribution in [3.63, 3.8) is 0 Å². The summed E-state index contributed by atoms with van der Waals surface area (Å²) in [7, 11) is 0. The van der Waals surface area contributed by atoms with E-state index in [0.29, 0.717) is 4.91 Å². The van der Waals surface area contributed by atoms with Crippen LogP contribution in [0.5, 0.6) is 0 Å². The minimum atomic E-state index is -12.0. The van der Waals surface area contributed by atoms with Gasteiger partial charge in [-0.3, -0.25) is 0 Å². The zero-order valence-electron chi connectivity index (χ0n) is 5.93. The maximum absolute atomic E-state index is 12.0. The normalized spacial score (nSPS) is 19.0. The minimum absolute atomic E-state index is 0. The summed E-state index contributed by atoms with van der Waals surface area (Å²) in [5.41, 5.74) is 6.95. The number of azide groups is 1. The number of nitrogens with zero attached hydrogens (tertiary/aromatic N) is 3. The van der Waals surface area contributed by atoms with Gasteiger partial charge in [-0.2, -0.15) is 0 Å². The van der Waals surface area contributed by atoms with E-state index in [0.717, 1.165) is 0 Å². The summed E-state index contributed by atoms with van der Waals surface area (Å²) in [5.74, 6) is 0. The number of hydrogen-bond donors (Lipinski definition) is 0. The van der Waals surface area contributed by atoms with Crippen molar-refractivity contribution in [1.82, 2.24) is 0 Å². The van der Waals surface area contributed by atoms with Crippen LogP contribution in [0.3, 0.4) is 0 Å². The molecule has 12 heteroatoms. The summed E-state index contributed by atoms with van der Waals surface area (Å²) < 4.78 is 64.9. The van der Waals surface area contributed by atoms with Crippen molar-refractivity contribution in [2.45, 2.75) is 0 Å². The van der Waals surface area contributed by atoms with Crippen molar-refractivity contribution in [2.24, 2.45) is 4.19 Å². The van der Waals surface area contributed by atoms with E-state index >= 15 is 0 Å². The Kier molecular flexibility index (Phi) is 5.57. The van der Waals surface area contributed by atoms with Crippen LogP contribution in [0.2, 0.25) is 0 Å². The van der Waals surface area contributed by atoms with Crippen LogP contribution in [0.15, 0.2) is 4.19 Å². The Labute approximate surface area is 147 Å². The molecule has 0 aromatic carbocycles. The molecular weight excluding hydrogens is 293 g/mol. The van der Waals surface area contributed by atoms with Gasteiger partial charge in [-0.1, -0.05) is 0 Å². The van der Waals surface area contributed by atoms with Crippen LogP contribution in [0.1, 0.15) is 0 Å². The van der Waals surface area contributed by atoms with E-state index in [2.05, 4.69) is 0 Å². The molecule has 0 radical (unpaired) electrons. The third-order valence-corrected chi connectivity index (χ3v) is 0.708. The van der Waals surface area contributed by atoms with Gasteiger partial charge in [-0.25, -0.2) is 0 Å². The van der Waals surface area contributed by atoms with Gasteiger partial charge in [0.05, 0.1) is 0 Å². The third kappa shape index (κ3) is 18.4. The van der Waals surface area contributed by atoms with Crippen molar-refractivity contribution in [1.29, 1.82) is 0 Å². The third-order valence-electron chi connectivity index (χ3n) is 0.172.